The molecule has 0 amide bonds. The van der Waals surface area contributed by atoms with Gasteiger partial charge >= 0.3 is 6.01 Å². The van der Waals surface area contributed by atoms with Gasteiger partial charge in [-0.15, -0.1) is 5.10 Å². The number of nitrogens with two attached hydrogens (primary N) is 1. The maximum Gasteiger partial charge on any atom is 0.312 e. The van der Waals surface area contributed by atoms with Gasteiger partial charge in [0.15, 0.2) is 0 Å². The molecule has 15 heavy (non-hydrogen) atoms. The lowest BCUT2D eigenvalue weighted by atomic mass is 9.96. The Bertz CT molecular complexity index is 474. The van der Waals surface area contributed by atoms with Gasteiger partial charge in [0, 0.05) is 0 Å². The van der Waals surface area contributed by atoms with Crippen LogP contribution >= 0.6 is 0 Å². The molecule has 0 aliphatic heterocycles. The summed E-state index contributed by atoms with van der Waals surface area (Å²) in [5.74, 6) is 0.645. The molecule has 2 N–H and O–H groups in total. The first kappa shape index (κ1) is 8.47. The molecule has 3 rings (SSSR count). The molecule has 2 aromatic rings. The number of nitrogens with zero attached hydrogens (tertiary/aromatic N) is 2. The van der Waals surface area contributed by atoms with Gasteiger partial charge in [-0.1, -0.05) is 35.4 Å². The van der Waals surface area contributed by atoms with Crippen molar-refractivity contribution in [2.24, 2.45) is 0 Å². The quantitative estimate of drug-likeness (QED) is 0.803. The Balaban J connectivity index is 2.05. The van der Waals surface area contributed by atoms with Gasteiger partial charge in [-0.05, 0) is 18.4 Å². The number of anilines is 1. The number of benzene rings is 1. The third-order valence-electron chi connectivity index (χ3n) is 2.93. The Kier molecular flexibility index (Phi) is 1.59. The molecule has 4 heteroatoms. The third-order valence-corrected chi connectivity index (χ3v) is 2.93. The number of rotatable bonds is 2. The van der Waals surface area contributed by atoms with Crippen LogP contribution < -0.4 is 5.73 Å². The molecule has 1 aliphatic rings. The SMILES string of the molecule is Nc1nnc(C2(c3ccccc3)CC2)o1. The van der Waals surface area contributed by atoms with Crippen molar-refractivity contribution in [1.29, 1.82) is 0 Å². The molecule has 0 saturated heterocycles. The fourth-order valence-corrected chi connectivity index (χ4v) is 1.94. The molecule has 0 radical (unpaired) electrons. The summed E-state index contributed by atoms with van der Waals surface area (Å²) in [4.78, 5) is 0. The summed E-state index contributed by atoms with van der Waals surface area (Å²) in [6.07, 6.45) is 2.11. The van der Waals surface area contributed by atoms with Crippen LogP contribution in [0, 0.1) is 0 Å². The van der Waals surface area contributed by atoms with E-state index in [1.54, 1.807) is 0 Å². The van der Waals surface area contributed by atoms with Crippen LogP contribution in [0.15, 0.2) is 34.7 Å². The van der Waals surface area contributed by atoms with E-state index in [0.29, 0.717) is 5.89 Å². The van der Waals surface area contributed by atoms with Crippen LogP contribution in [0.1, 0.15) is 24.3 Å². The first-order valence-electron chi connectivity index (χ1n) is 4.96. The smallest absolute Gasteiger partial charge is 0.312 e. The highest BCUT2D eigenvalue weighted by Gasteiger charge is 2.50. The Morgan fingerprint density at radius 1 is 1.13 bits per heavy atom. The lowest BCUT2D eigenvalue weighted by Crippen LogP contribution is -2.08. The molecule has 0 atom stereocenters. The van der Waals surface area contributed by atoms with Crippen molar-refractivity contribution in [2.45, 2.75) is 18.3 Å². The Morgan fingerprint density at radius 2 is 1.87 bits per heavy atom. The Morgan fingerprint density at radius 3 is 2.40 bits per heavy atom. The number of nitrogen functional groups attached to an aromatic ring is 1. The first-order valence-corrected chi connectivity index (χ1v) is 4.96. The van der Waals surface area contributed by atoms with Crippen molar-refractivity contribution in [3.8, 4) is 0 Å². The normalized spacial score (nSPS) is 17.6. The molecule has 1 fully saturated rings. The van der Waals surface area contributed by atoms with Crippen molar-refractivity contribution in [3.05, 3.63) is 41.8 Å². The van der Waals surface area contributed by atoms with E-state index in [-0.39, 0.29) is 11.4 Å². The minimum atomic E-state index is -0.0636. The van der Waals surface area contributed by atoms with Crippen LogP contribution in [-0.2, 0) is 5.41 Å². The van der Waals surface area contributed by atoms with E-state index < -0.39 is 0 Å². The van der Waals surface area contributed by atoms with Gasteiger partial charge in [-0.2, -0.15) is 0 Å². The second kappa shape index (κ2) is 2.82. The second-order valence-corrected chi connectivity index (χ2v) is 3.89. The zero-order valence-corrected chi connectivity index (χ0v) is 8.18. The fourth-order valence-electron chi connectivity index (χ4n) is 1.94. The monoisotopic (exact) mass is 201 g/mol. The fraction of sp³-hybridized carbons (Fsp3) is 0.273. The molecule has 0 bridgehead atoms. The van der Waals surface area contributed by atoms with Crippen molar-refractivity contribution in [1.82, 2.24) is 10.2 Å². The molecule has 1 heterocycles. The lowest BCUT2D eigenvalue weighted by Gasteiger charge is -2.09. The summed E-state index contributed by atoms with van der Waals surface area (Å²) in [6, 6.07) is 10.4. The van der Waals surface area contributed by atoms with E-state index >= 15 is 0 Å². The van der Waals surface area contributed by atoms with Crippen LogP contribution in [0.2, 0.25) is 0 Å². The highest BCUT2D eigenvalue weighted by atomic mass is 16.4. The predicted molar refractivity (Wildman–Crippen MR) is 55.2 cm³/mol. The van der Waals surface area contributed by atoms with E-state index in [2.05, 4.69) is 22.3 Å². The van der Waals surface area contributed by atoms with Crippen molar-refractivity contribution in [2.75, 3.05) is 5.73 Å². The number of aromatic nitrogens is 2. The molecular formula is C11H11N3O. The van der Waals surface area contributed by atoms with E-state index in [1.165, 1.54) is 5.56 Å². The maximum absolute atomic E-state index is 5.44. The molecule has 0 spiro atoms. The standard InChI is InChI=1S/C11H11N3O/c12-10-14-13-9(15-10)11(6-7-11)8-4-2-1-3-5-8/h1-5H,6-7H2,(H2,12,14). The van der Waals surface area contributed by atoms with Gasteiger partial charge in [-0.25, -0.2) is 0 Å². The Hall–Kier alpha value is -1.84. The summed E-state index contributed by atoms with van der Waals surface area (Å²) < 4.78 is 5.32. The molecule has 1 aliphatic carbocycles. The van der Waals surface area contributed by atoms with Gasteiger partial charge in [0.25, 0.3) is 0 Å². The van der Waals surface area contributed by atoms with Crippen LogP contribution in [0.5, 0.6) is 0 Å². The van der Waals surface area contributed by atoms with Crippen molar-refractivity contribution >= 4 is 6.01 Å². The van der Waals surface area contributed by atoms with Crippen LogP contribution in [0.4, 0.5) is 6.01 Å². The van der Waals surface area contributed by atoms with Crippen molar-refractivity contribution < 1.29 is 4.42 Å². The topological polar surface area (TPSA) is 64.9 Å². The number of hydrogen-bond acceptors (Lipinski definition) is 4. The van der Waals surface area contributed by atoms with Crippen LogP contribution in [0.3, 0.4) is 0 Å². The predicted octanol–water partition coefficient (Wildman–Crippen LogP) is 1.73. The molecule has 76 valence electrons. The minimum Gasteiger partial charge on any atom is -0.407 e. The van der Waals surface area contributed by atoms with Gasteiger partial charge in [-0.3, -0.25) is 0 Å². The van der Waals surface area contributed by atoms with Crippen molar-refractivity contribution in [3.63, 3.8) is 0 Å². The molecule has 4 nitrogen and oxygen atoms in total. The van der Waals surface area contributed by atoms with E-state index in [9.17, 15) is 0 Å². The van der Waals surface area contributed by atoms with Crippen LogP contribution in [0.25, 0.3) is 0 Å². The summed E-state index contributed by atoms with van der Waals surface area (Å²) in [5, 5.41) is 7.69. The summed E-state index contributed by atoms with van der Waals surface area (Å²) >= 11 is 0. The summed E-state index contributed by atoms with van der Waals surface area (Å²) in [5.41, 5.74) is 6.61. The van der Waals surface area contributed by atoms with Gasteiger partial charge in [0.05, 0.1) is 5.41 Å². The zero-order chi connectivity index (χ0) is 10.3. The van der Waals surface area contributed by atoms with Gasteiger partial charge in [0.2, 0.25) is 5.89 Å². The molecule has 1 aromatic heterocycles. The van der Waals surface area contributed by atoms with E-state index in [0.717, 1.165) is 12.8 Å². The highest BCUT2D eigenvalue weighted by molar-refractivity contribution is 5.38. The van der Waals surface area contributed by atoms with E-state index in [4.69, 9.17) is 10.2 Å². The summed E-state index contributed by atoms with van der Waals surface area (Å²) in [6.45, 7) is 0. The first-order chi connectivity index (χ1) is 7.31. The third kappa shape index (κ3) is 1.21. The molecule has 1 aromatic carbocycles. The number of hydrogen-bond donors (Lipinski definition) is 1. The van der Waals surface area contributed by atoms with Gasteiger partial charge < -0.3 is 10.2 Å². The average molecular weight is 201 g/mol. The highest BCUT2D eigenvalue weighted by Crippen LogP contribution is 2.52. The summed E-state index contributed by atoms with van der Waals surface area (Å²) in [7, 11) is 0. The van der Waals surface area contributed by atoms with Crippen LogP contribution in [-0.4, -0.2) is 10.2 Å². The Labute approximate surface area is 87.1 Å². The van der Waals surface area contributed by atoms with Gasteiger partial charge in [0.1, 0.15) is 0 Å². The average Bonchev–Trinajstić information content (AvgIpc) is 2.98. The largest absolute Gasteiger partial charge is 0.407 e. The molecular weight excluding hydrogens is 190 g/mol. The second-order valence-electron chi connectivity index (χ2n) is 3.89. The zero-order valence-electron chi connectivity index (χ0n) is 8.18. The molecule has 0 unspecified atom stereocenters. The molecule has 1 saturated carbocycles. The van der Waals surface area contributed by atoms with E-state index in [1.807, 2.05) is 18.2 Å². The lowest BCUT2D eigenvalue weighted by molar-refractivity contribution is 0.476. The minimum absolute atomic E-state index is 0.0636. The maximum atomic E-state index is 5.44.